The van der Waals surface area contributed by atoms with Crippen LogP contribution in [0.4, 0.5) is 26.3 Å². The zero-order valence-corrected chi connectivity index (χ0v) is 9.17. The average Bonchev–Trinajstić information content (AvgIpc) is 2.04. The Kier molecular flexibility index (Phi) is 3.56. The number of hydrogen-bond donors (Lipinski definition) is 0. The summed E-state index contributed by atoms with van der Waals surface area (Å²) >= 11 is 2.79. The number of alkyl halides is 6. The van der Waals surface area contributed by atoms with E-state index in [1.807, 2.05) is 0 Å². The molecular formula is C9H5BrF6. The van der Waals surface area contributed by atoms with Gasteiger partial charge in [-0.05, 0) is 17.7 Å². The van der Waals surface area contributed by atoms with E-state index in [1.165, 1.54) is 0 Å². The average molecular weight is 307 g/mol. The molecule has 0 aliphatic rings. The summed E-state index contributed by atoms with van der Waals surface area (Å²) in [6, 6.07) is 2.61. The van der Waals surface area contributed by atoms with Crippen LogP contribution < -0.4 is 0 Å². The van der Waals surface area contributed by atoms with Gasteiger partial charge in [0, 0.05) is 4.47 Å². The highest BCUT2D eigenvalue weighted by molar-refractivity contribution is 9.10. The van der Waals surface area contributed by atoms with E-state index < -0.39 is 29.9 Å². The van der Waals surface area contributed by atoms with E-state index in [2.05, 4.69) is 15.9 Å². The Morgan fingerprint density at radius 1 is 1.00 bits per heavy atom. The highest BCUT2D eigenvalue weighted by atomic mass is 79.9. The van der Waals surface area contributed by atoms with Gasteiger partial charge in [-0.1, -0.05) is 22.0 Å². The Labute approximate surface area is 95.4 Å². The SMILES string of the molecule is FC(F)(F)Cc1ccc(Br)cc1C(F)(F)F. The minimum atomic E-state index is -4.79. The molecule has 0 aliphatic heterocycles. The first kappa shape index (κ1) is 13.3. The molecule has 0 saturated carbocycles. The molecule has 0 spiro atoms. The molecule has 0 aromatic heterocycles. The largest absolute Gasteiger partial charge is 0.416 e. The molecule has 16 heavy (non-hydrogen) atoms. The summed E-state index contributed by atoms with van der Waals surface area (Å²) in [4.78, 5) is 0. The molecule has 0 atom stereocenters. The van der Waals surface area contributed by atoms with E-state index in [-0.39, 0.29) is 4.47 Å². The normalized spacial score (nSPS) is 12.9. The van der Waals surface area contributed by atoms with Crippen LogP contribution in [0.1, 0.15) is 11.1 Å². The van der Waals surface area contributed by atoms with Gasteiger partial charge in [0.05, 0.1) is 12.0 Å². The van der Waals surface area contributed by atoms with Crippen molar-refractivity contribution >= 4 is 15.9 Å². The first-order chi connectivity index (χ1) is 7.09. The van der Waals surface area contributed by atoms with Crippen molar-refractivity contribution in [3.63, 3.8) is 0 Å². The molecule has 0 heterocycles. The van der Waals surface area contributed by atoms with Crippen LogP contribution in [0, 0.1) is 0 Å². The fourth-order valence-corrected chi connectivity index (χ4v) is 1.54. The van der Waals surface area contributed by atoms with Crippen LogP contribution in [-0.4, -0.2) is 6.18 Å². The maximum Gasteiger partial charge on any atom is 0.416 e. The molecule has 7 heteroatoms. The molecule has 1 aromatic carbocycles. The van der Waals surface area contributed by atoms with E-state index in [1.54, 1.807) is 0 Å². The Morgan fingerprint density at radius 3 is 2.00 bits per heavy atom. The van der Waals surface area contributed by atoms with Crippen LogP contribution in [-0.2, 0) is 12.6 Å². The summed E-state index contributed by atoms with van der Waals surface area (Å²) in [6.45, 7) is 0. The molecule has 0 saturated heterocycles. The summed E-state index contributed by atoms with van der Waals surface area (Å²) in [6.07, 6.45) is -11.0. The van der Waals surface area contributed by atoms with Crippen LogP contribution in [0.2, 0.25) is 0 Å². The molecule has 0 unspecified atom stereocenters. The molecule has 0 fully saturated rings. The van der Waals surface area contributed by atoms with Crippen LogP contribution >= 0.6 is 15.9 Å². The molecule has 1 rings (SSSR count). The van der Waals surface area contributed by atoms with Gasteiger partial charge < -0.3 is 0 Å². The van der Waals surface area contributed by atoms with Crippen molar-refractivity contribution < 1.29 is 26.3 Å². The second-order valence-electron chi connectivity index (χ2n) is 3.09. The van der Waals surface area contributed by atoms with Crippen LogP contribution in [0.3, 0.4) is 0 Å². The van der Waals surface area contributed by atoms with Gasteiger partial charge in [-0.3, -0.25) is 0 Å². The van der Waals surface area contributed by atoms with Crippen molar-refractivity contribution in [2.75, 3.05) is 0 Å². The van der Waals surface area contributed by atoms with E-state index >= 15 is 0 Å². The number of benzene rings is 1. The van der Waals surface area contributed by atoms with Crippen molar-refractivity contribution in [1.82, 2.24) is 0 Å². The van der Waals surface area contributed by atoms with Crippen molar-refractivity contribution in [2.45, 2.75) is 18.8 Å². The molecule has 0 amide bonds. The van der Waals surface area contributed by atoms with Gasteiger partial charge >= 0.3 is 12.4 Å². The van der Waals surface area contributed by atoms with Crippen molar-refractivity contribution in [2.24, 2.45) is 0 Å². The predicted molar refractivity (Wildman–Crippen MR) is 48.9 cm³/mol. The van der Waals surface area contributed by atoms with Gasteiger partial charge in [0.2, 0.25) is 0 Å². The topological polar surface area (TPSA) is 0 Å². The smallest absolute Gasteiger partial charge is 0.171 e. The Bertz CT molecular complexity index is 379. The standard InChI is InChI=1S/C9H5BrF6/c10-6-2-1-5(4-8(11,12)13)7(3-6)9(14,15)16/h1-3H,4H2. The molecule has 0 N–H and O–H groups in total. The van der Waals surface area contributed by atoms with Crippen molar-refractivity contribution in [1.29, 1.82) is 0 Å². The third kappa shape index (κ3) is 3.70. The lowest BCUT2D eigenvalue weighted by Crippen LogP contribution is -2.17. The molecular weight excluding hydrogens is 302 g/mol. The minimum Gasteiger partial charge on any atom is -0.171 e. The molecule has 0 radical (unpaired) electrons. The second-order valence-corrected chi connectivity index (χ2v) is 4.01. The lowest BCUT2D eigenvalue weighted by atomic mass is 10.0. The molecule has 0 nitrogen and oxygen atoms in total. The number of halogens is 7. The zero-order valence-electron chi connectivity index (χ0n) is 7.58. The van der Waals surface area contributed by atoms with Gasteiger partial charge in [-0.15, -0.1) is 0 Å². The quantitative estimate of drug-likeness (QED) is 0.667. The van der Waals surface area contributed by atoms with E-state index in [9.17, 15) is 26.3 Å². The number of hydrogen-bond acceptors (Lipinski definition) is 0. The summed E-state index contributed by atoms with van der Waals surface area (Å²) < 4.78 is 73.4. The fourth-order valence-electron chi connectivity index (χ4n) is 1.18. The Balaban J connectivity index is 3.19. The molecule has 1 aromatic rings. The summed E-state index contributed by atoms with van der Waals surface area (Å²) in [7, 11) is 0. The third-order valence-corrected chi connectivity index (χ3v) is 2.26. The van der Waals surface area contributed by atoms with Crippen LogP contribution in [0.5, 0.6) is 0 Å². The van der Waals surface area contributed by atoms with E-state index in [0.29, 0.717) is 6.07 Å². The van der Waals surface area contributed by atoms with Gasteiger partial charge in [0.15, 0.2) is 0 Å². The predicted octanol–water partition coefficient (Wildman–Crippen LogP) is 4.57. The van der Waals surface area contributed by atoms with Gasteiger partial charge in [0.25, 0.3) is 0 Å². The second kappa shape index (κ2) is 4.27. The Hall–Kier alpha value is -0.720. The maximum absolute atomic E-state index is 12.4. The van der Waals surface area contributed by atoms with E-state index in [4.69, 9.17) is 0 Å². The minimum absolute atomic E-state index is 0.0887. The molecule has 90 valence electrons. The monoisotopic (exact) mass is 306 g/mol. The van der Waals surface area contributed by atoms with E-state index in [0.717, 1.165) is 12.1 Å². The first-order valence-electron chi connectivity index (χ1n) is 4.02. The first-order valence-corrected chi connectivity index (χ1v) is 4.81. The number of rotatable bonds is 1. The third-order valence-electron chi connectivity index (χ3n) is 1.77. The van der Waals surface area contributed by atoms with Crippen LogP contribution in [0.25, 0.3) is 0 Å². The summed E-state index contributed by atoms with van der Waals surface area (Å²) in [5.41, 5.74) is -2.04. The van der Waals surface area contributed by atoms with Gasteiger partial charge in [0.1, 0.15) is 0 Å². The fraction of sp³-hybridized carbons (Fsp3) is 0.333. The summed E-state index contributed by atoms with van der Waals surface area (Å²) in [5, 5.41) is 0. The Morgan fingerprint density at radius 2 is 1.56 bits per heavy atom. The maximum atomic E-state index is 12.4. The molecule has 0 aliphatic carbocycles. The van der Waals surface area contributed by atoms with Crippen molar-refractivity contribution in [3.05, 3.63) is 33.8 Å². The highest BCUT2D eigenvalue weighted by Gasteiger charge is 2.37. The van der Waals surface area contributed by atoms with Crippen molar-refractivity contribution in [3.8, 4) is 0 Å². The lowest BCUT2D eigenvalue weighted by Gasteiger charge is -2.14. The van der Waals surface area contributed by atoms with Gasteiger partial charge in [-0.25, -0.2) is 0 Å². The zero-order chi connectivity index (χ0) is 12.6. The molecule has 0 bridgehead atoms. The summed E-state index contributed by atoms with van der Waals surface area (Å²) in [5.74, 6) is 0. The van der Waals surface area contributed by atoms with Crippen LogP contribution in [0.15, 0.2) is 22.7 Å². The highest BCUT2D eigenvalue weighted by Crippen LogP contribution is 2.36. The van der Waals surface area contributed by atoms with Gasteiger partial charge in [-0.2, -0.15) is 26.3 Å². The lowest BCUT2D eigenvalue weighted by molar-refractivity contribution is -0.143.